The maximum absolute atomic E-state index is 12.0. The zero-order chi connectivity index (χ0) is 12.3. The van der Waals surface area contributed by atoms with E-state index >= 15 is 0 Å². The average Bonchev–Trinajstić information content (AvgIpc) is 2.82. The lowest BCUT2D eigenvalue weighted by Crippen LogP contribution is -2.51. The molecule has 0 bridgehead atoms. The highest BCUT2D eigenvalue weighted by Gasteiger charge is 2.22. The molecule has 0 atom stereocenters. The van der Waals surface area contributed by atoms with Crippen LogP contribution in [-0.4, -0.2) is 57.7 Å². The Morgan fingerprint density at radius 3 is 2.53 bits per heavy atom. The van der Waals surface area contributed by atoms with Gasteiger partial charge in [-0.3, -0.25) is 14.4 Å². The molecule has 94 valence electrons. The summed E-state index contributed by atoms with van der Waals surface area (Å²) in [6.45, 7) is 8.36. The summed E-state index contributed by atoms with van der Waals surface area (Å²) in [7, 11) is 0. The van der Waals surface area contributed by atoms with Crippen molar-refractivity contribution in [2.24, 2.45) is 0 Å². The molecule has 1 fully saturated rings. The second-order valence-corrected chi connectivity index (χ2v) is 4.71. The lowest BCUT2D eigenvalue weighted by molar-refractivity contribution is -0.134. The first kappa shape index (κ1) is 12.1. The monoisotopic (exact) mass is 236 g/mol. The minimum atomic E-state index is 0.164. The summed E-state index contributed by atoms with van der Waals surface area (Å²) in [5, 5.41) is 4.05. The standard InChI is InChI=1S/C12H20N4O/c1-11(2)14-6-8-15(9-7-14)12(17)10-16-5-3-4-13-16/h3-5,11H,6-10H2,1-2H3. The van der Waals surface area contributed by atoms with Crippen LogP contribution in [0.2, 0.25) is 0 Å². The number of aromatic nitrogens is 2. The number of hydrogen-bond acceptors (Lipinski definition) is 3. The van der Waals surface area contributed by atoms with E-state index in [2.05, 4.69) is 23.8 Å². The quantitative estimate of drug-likeness (QED) is 0.764. The Bertz CT molecular complexity index is 353. The van der Waals surface area contributed by atoms with Gasteiger partial charge in [0.1, 0.15) is 6.54 Å². The third-order valence-electron chi connectivity index (χ3n) is 3.25. The molecule has 0 saturated carbocycles. The largest absolute Gasteiger partial charge is 0.339 e. The van der Waals surface area contributed by atoms with Gasteiger partial charge in [0.2, 0.25) is 5.91 Å². The van der Waals surface area contributed by atoms with Crippen molar-refractivity contribution < 1.29 is 4.79 Å². The summed E-state index contributed by atoms with van der Waals surface area (Å²) >= 11 is 0. The summed E-state index contributed by atoms with van der Waals surface area (Å²) in [6.07, 6.45) is 3.52. The molecule has 1 saturated heterocycles. The maximum atomic E-state index is 12.0. The van der Waals surface area contributed by atoms with Crippen LogP contribution >= 0.6 is 0 Å². The third-order valence-corrected chi connectivity index (χ3v) is 3.25. The summed E-state index contributed by atoms with van der Waals surface area (Å²) in [6, 6.07) is 2.41. The Balaban J connectivity index is 1.82. The van der Waals surface area contributed by atoms with E-state index in [0.717, 1.165) is 26.2 Å². The van der Waals surface area contributed by atoms with Gasteiger partial charge in [-0.2, -0.15) is 5.10 Å². The zero-order valence-corrected chi connectivity index (χ0v) is 10.5. The lowest BCUT2D eigenvalue weighted by Gasteiger charge is -2.36. The number of piperazine rings is 1. The first-order valence-corrected chi connectivity index (χ1v) is 6.16. The van der Waals surface area contributed by atoms with Gasteiger partial charge in [0, 0.05) is 44.6 Å². The van der Waals surface area contributed by atoms with Crippen LogP contribution in [0.1, 0.15) is 13.8 Å². The molecule has 17 heavy (non-hydrogen) atoms. The van der Waals surface area contributed by atoms with Gasteiger partial charge in [0.25, 0.3) is 0 Å². The SMILES string of the molecule is CC(C)N1CCN(C(=O)Cn2cccn2)CC1. The average molecular weight is 236 g/mol. The smallest absolute Gasteiger partial charge is 0.244 e. The van der Waals surface area contributed by atoms with E-state index in [9.17, 15) is 4.79 Å². The molecule has 5 heteroatoms. The number of hydrogen-bond donors (Lipinski definition) is 0. The fraction of sp³-hybridized carbons (Fsp3) is 0.667. The van der Waals surface area contributed by atoms with Crippen LogP contribution in [0.15, 0.2) is 18.5 Å². The van der Waals surface area contributed by atoms with Crippen molar-refractivity contribution in [3.63, 3.8) is 0 Å². The second kappa shape index (κ2) is 5.31. The molecule has 0 aliphatic carbocycles. The van der Waals surface area contributed by atoms with E-state index in [1.54, 1.807) is 10.9 Å². The molecule has 1 aliphatic rings. The molecule has 5 nitrogen and oxygen atoms in total. The van der Waals surface area contributed by atoms with E-state index < -0.39 is 0 Å². The Hall–Kier alpha value is -1.36. The Labute approximate surface area is 102 Å². The molecular weight excluding hydrogens is 216 g/mol. The van der Waals surface area contributed by atoms with Crippen molar-refractivity contribution >= 4 is 5.91 Å². The zero-order valence-electron chi connectivity index (χ0n) is 10.5. The maximum Gasteiger partial charge on any atom is 0.244 e. The van der Waals surface area contributed by atoms with Crippen molar-refractivity contribution in [1.29, 1.82) is 0 Å². The predicted molar refractivity (Wildman–Crippen MR) is 65.5 cm³/mol. The Morgan fingerprint density at radius 1 is 1.29 bits per heavy atom. The van der Waals surface area contributed by atoms with E-state index in [-0.39, 0.29) is 5.91 Å². The third kappa shape index (κ3) is 3.06. The molecule has 0 aromatic carbocycles. The van der Waals surface area contributed by atoms with Gasteiger partial charge in [0.05, 0.1) is 0 Å². The molecule has 0 N–H and O–H groups in total. The van der Waals surface area contributed by atoms with Crippen molar-refractivity contribution in [2.75, 3.05) is 26.2 Å². The van der Waals surface area contributed by atoms with E-state index in [1.165, 1.54) is 0 Å². The van der Waals surface area contributed by atoms with Crippen molar-refractivity contribution in [2.45, 2.75) is 26.4 Å². The first-order chi connectivity index (χ1) is 8.16. The minimum Gasteiger partial charge on any atom is -0.339 e. The molecular formula is C12H20N4O. The minimum absolute atomic E-state index is 0.164. The van der Waals surface area contributed by atoms with E-state index in [0.29, 0.717) is 12.6 Å². The summed E-state index contributed by atoms with van der Waals surface area (Å²) in [5.41, 5.74) is 0. The van der Waals surface area contributed by atoms with Gasteiger partial charge in [-0.15, -0.1) is 0 Å². The van der Waals surface area contributed by atoms with E-state index in [1.807, 2.05) is 17.2 Å². The number of amides is 1. The van der Waals surface area contributed by atoms with Crippen LogP contribution < -0.4 is 0 Å². The molecule has 1 aromatic heterocycles. The molecule has 1 amide bonds. The number of carbonyl (C=O) groups is 1. The van der Waals surface area contributed by atoms with Crippen LogP contribution in [0.25, 0.3) is 0 Å². The fourth-order valence-corrected chi connectivity index (χ4v) is 2.12. The normalized spacial score (nSPS) is 17.7. The van der Waals surface area contributed by atoms with Crippen LogP contribution in [0, 0.1) is 0 Å². The Kier molecular flexibility index (Phi) is 3.78. The van der Waals surface area contributed by atoms with Gasteiger partial charge in [-0.1, -0.05) is 0 Å². The van der Waals surface area contributed by atoms with Crippen molar-refractivity contribution in [3.8, 4) is 0 Å². The van der Waals surface area contributed by atoms with Crippen molar-refractivity contribution in [3.05, 3.63) is 18.5 Å². The molecule has 0 spiro atoms. The summed E-state index contributed by atoms with van der Waals surface area (Å²) < 4.78 is 1.68. The molecule has 1 aliphatic heterocycles. The molecule has 2 heterocycles. The van der Waals surface area contributed by atoms with Crippen LogP contribution in [-0.2, 0) is 11.3 Å². The van der Waals surface area contributed by atoms with Gasteiger partial charge >= 0.3 is 0 Å². The fourth-order valence-electron chi connectivity index (χ4n) is 2.12. The first-order valence-electron chi connectivity index (χ1n) is 6.16. The number of nitrogens with zero attached hydrogens (tertiary/aromatic N) is 4. The van der Waals surface area contributed by atoms with Crippen LogP contribution in [0.4, 0.5) is 0 Å². The Morgan fingerprint density at radius 2 is 2.00 bits per heavy atom. The predicted octanol–water partition coefficient (Wildman–Crippen LogP) is 0.436. The highest BCUT2D eigenvalue weighted by molar-refractivity contribution is 5.76. The van der Waals surface area contributed by atoms with E-state index in [4.69, 9.17) is 0 Å². The highest BCUT2D eigenvalue weighted by Crippen LogP contribution is 2.06. The molecule has 1 aromatic rings. The van der Waals surface area contributed by atoms with Gasteiger partial charge in [0.15, 0.2) is 0 Å². The number of rotatable bonds is 3. The molecule has 2 rings (SSSR count). The second-order valence-electron chi connectivity index (χ2n) is 4.71. The van der Waals surface area contributed by atoms with Crippen molar-refractivity contribution in [1.82, 2.24) is 19.6 Å². The summed E-state index contributed by atoms with van der Waals surface area (Å²) in [5.74, 6) is 0.164. The van der Waals surface area contributed by atoms with Gasteiger partial charge in [-0.25, -0.2) is 0 Å². The lowest BCUT2D eigenvalue weighted by atomic mass is 10.2. The van der Waals surface area contributed by atoms with Crippen LogP contribution in [0.5, 0.6) is 0 Å². The van der Waals surface area contributed by atoms with Crippen LogP contribution in [0.3, 0.4) is 0 Å². The molecule has 0 radical (unpaired) electrons. The summed E-state index contributed by atoms with van der Waals surface area (Å²) in [4.78, 5) is 16.3. The topological polar surface area (TPSA) is 41.4 Å². The molecule has 0 unspecified atom stereocenters. The highest BCUT2D eigenvalue weighted by atomic mass is 16.2. The van der Waals surface area contributed by atoms with Gasteiger partial charge in [-0.05, 0) is 19.9 Å². The van der Waals surface area contributed by atoms with Gasteiger partial charge < -0.3 is 4.90 Å². The number of carbonyl (C=O) groups excluding carboxylic acids is 1.